The first kappa shape index (κ1) is 9.05. The molecule has 1 aromatic carbocycles. The predicted octanol–water partition coefficient (Wildman–Crippen LogP) is 2.10. The summed E-state index contributed by atoms with van der Waals surface area (Å²) in [7, 11) is 3.10. The van der Waals surface area contributed by atoms with Crippen LogP contribution < -0.4 is 5.23 Å². The first-order valence-electron chi connectivity index (χ1n) is 4.31. The highest BCUT2D eigenvalue weighted by atomic mass is 16.9. The zero-order chi connectivity index (χ0) is 9.97. The van der Waals surface area contributed by atoms with Crippen LogP contribution in [0.5, 0.6) is 0 Å². The van der Waals surface area contributed by atoms with Gasteiger partial charge in [0.15, 0.2) is 5.82 Å². The van der Waals surface area contributed by atoms with Crippen LogP contribution in [0.4, 0.5) is 5.82 Å². The van der Waals surface area contributed by atoms with Gasteiger partial charge in [-0.05, 0) is 12.1 Å². The number of H-pyrrole nitrogens is 1. The number of nitrogens with zero attached hydrogens (tertiary/aromatic N) is 1. The second-order valence-electron chi connectivity index (χ2n) is 2.86. The minimum Gasteiger partial charge on any atom is -0.338 e. The van der Waals surface area contributed by atoms with Gasteiger partial charge in [-0.3, -0.25) is 9.68 Å². The molecule has 14 heavy (non-hydrogen) atoms. The Balaban J connectivity index is 2.43. The van der Waals surface area contributed by atoms with E-state index in [9.17, 15) is 0 Å². The topological polar surface area (TPSA) is 37.5 Å². The normalized spacial score (nSPS) is 10.7. The quantitative estimate of drug-likeness (QED) is 0.757. The summed E-state index contributed by atoms with van der Waals surface area (Å²) in [5, 5.41) is 2.45. The number of aromatic nitrogens is 1. The van der Waals surface area contributed by atoms with E-state index >= 15 is 0 Å². The van der Waals surface area contributed by atoms with Crippen molar-refractivity contribution in [1.82, 2.24) is 4.98 Å². The summed E-state index contributed by atoms with van der Waals surface area (Å²) in [5.41, 5.74) is 1.06. The number of rotatable bonds is 3. The predicted molar refractivity (Wildman–Crippen MR) is 54.8 cm³/mol. The van der Waals surface area contributed by atoms with E-state index in [2.05, 4.69) is 4.98 Å². The zero-order valence-electron chi connectivity index (χ0n) is 8.15. The highest BCUT2D eigenvalue weighted by Crippen LogP contribution is 2.21. The third-order valence-electron chi connectivity index (χ3n) is 2.04. The molecule has 0 saturated carbocycles. The lowest BCUT2D eigenvalue weighted by Gasteiger charge is -2.15. The molecule has 0 saturated heterocycles. The van der Waals surface area contributed by atoms with Gasteiger partial charge in [0.05, 0.1) is 14.2 Å². The minimum absolute atomic E-state index is 0.774. The maximum atomic E-state index is 4.99. The van der Waals surface area contributed by atoms with E-state index in [4.69, 9.17) is 9.68 Å². The van der Waals surface area contributed by atoms with E-state index in [-0.39, 0.29) is 0 Å². The smallest absolute Gasteiger partial charge is 0.162 e. The monoisotopic (exact) mass is 192 g/mol. The van der Waals surface area contributed by atoms with E-state index in [1.54, 1.807) is 14.2 Å². The lowest BCUT2D eigenvalue weighted by molar-refractivity contribution is -0.0448. The first-order valence-corrected chi connectivity index (χ1v) is 4.31. The number of hydrogen-bond donors (Lipinski definition) is 1. The molecule has 0 radical (unpaired) electrons. The fourth-order valence-corrected chi connectivity index (χ4v) is 1.43. The molecule has 0 bridgehead atoms. The third-order valence-corrected chi connectivity index (χ3v) is 2.04. The molecule has 2 rings (SSSR count). The van der Waals surface area contributed by atoms with Crippen molar-refractivity contribution in [3.05, 3.63) is 30.3 Å². The molecule has 2 aromatic rings. The van der Waals surface area contributed by atoms with Crippen molar-refractivity contribution >= 4 is 16.7 Å². The summed E-state index contributed by atoms with van der Waals surface area (Å²) < 4.78 is 0. The van der Waals surface area contributed by atoms with Crippen LogP contribution in [0.15, 0.2) is 30.3 Å². The lowest BCUT2D eigenvalue weighted by atomic mass is 10.2. The average Bonchev–Trinajstić information content (AvgIpc) is 2.63. The SMILES string of the molecule is CON(OC)c1cc2ccccc2[nH]1. The summed E-state index contributed by atoms with van der Waals surface area (Å²) in [6.45, 7) is 0. The lowest BCUT2D eigenvalue weighted by Crippen LogP contribution is -2.19. The summed E-state index contributed by atoms with van der Waals surface area (Å²) >= 11 is 0. The molecule has 1 N–H and O–H groups in total. The molecule has 0 aliphatic rings. The Kier molecular flexibility index (Phi) is 2.39. The second kappa shape index (κ2) is 3.69. The van der Waals surface area contributed by atoms with Crippen LogP contribution in [-0.4, -0.2) is 19.2 Å². The van der Waals surface area contributed by atoms with Crippen molar-refractivity contribution in [2.75, 3.05) is 19.4 Å². The van der Waals surface area contributed by atoms with Crippen molar-refractivity contribution < 1.29 is 9.68 Å². The Hall–Kier alpha value is -1.52. The van der Waals surface area contributed by atoms with Crippen molar-refractivity contribution in [3.63, 3.8) is 0 Å². The number of anilines is 1. The van der Waals surface area contributed by atoms with E-state index in [1.807, 2.05) is 30.3 Å². The fraction of sp³-hybridized carbons (Fsp3) is 0.200. The van der Waals surface area contributed by atoms with E-state index in [1.165, 1.54) is 5.23 Å². The Labute approximate surface area is 81.9 Å². The average molecular weight is 192 g/mol. The molecular weight excluding hydrogens is 180 g/mol. The minimum atomic E-state index is 0.774. The Morgan fingerprint density at radius 2 is 1.86 bits per heavy atom. The van der Waals surface area contributed by atoms with Crippen molar-refractivity contribution in [2.24, 2.45) is 0 Å². The molecule has 4 nitrogen and oxygen atoms in total. The molecule has 1 heterocycles. The molecule has 0 unspecified atom stereocenters. The molecule has 1 aromatic heterocycles. The van der Waals surface area contributed by atoms with Gasteiger partial charge < -0.3 is 4.98 Å². The number of hydrogen-bond acceptors (Lipinski definition) is 3. The maximum absolute atomic E-state index is 4.99. The third kappa shape index (κ3) is 1.45. The molecule has 0 atom stereocenters. The van der Waals surface area contributed by atoms with Gasteiger partial charge in [0.1, 0.15) is 0 Å². The molecule has 74 valence electrons. The van der Waals surface area contributed by atoms with Crippen LogP contribution in [0.2, 0.25) is 0 Å². The van der Waals surface area contributed by atoms with Gasteiger partial charge >= 0.3 is 0 Å². The van der Waals surface area contributed by atoms with E-state index < -0.39 is 0 Å². The number of benzene rings is 1. The van der Waals surface area contributed by atoms with Crippen molar-refractivity contribution in [2.45, 2.75) is 0 Å². The number of aromatic amines is 1. The summed E-state index contributed by atoms with van der Waals surface area (Å²) in [4.78, 5) is 13.2. The van der Waals surface area contributed by atoms with Crippen molar-refractivity contribution in [3.8, 4) is 0 Å². The number of para-hydroxylation sites is 1. The molecule has 4 heteroatoms. The van der Waals surface area contributed by atoms with Crippen LogP contribution in [-0.2, 0) is 9.68 Å². The van der Waals surface area contributed by atoms with Gasteiger partial charge in [-0.1, -0.05) is 18.2 Å². The van der Waals surface area contributed by atoms with Crippen LogP contribution in [0, 0.1) is 0 Å². The first-order chi connectivity index (χ1) is 6.85. The Morgan fingerprint density at radius 1 is 1.14 bits per heavy atom. The van der Waals surface area contributed by atoms with Gasteiger partial charge in [-0.2, -0.15) is 0 Å². The van der Waals surface area contributed by atoms with Crippen LogP contribution in [0.1, 0.15) is 0 Å². The second-order valence-corrected chi connectivity index (χ2v) is 2.86. The zero-order valence-corrected chi connectivity index (χ0v) is 8.15. The molecule has 0 aliphatic carbocycles. The van der Waals surface area contributed by atoms with E-state index in [0.717, 1.165) is 16.7 Å². The van der Waals surface area contributed by atoms with Gasteiger partial charge in [0.25, 0.3) is 0 Å². The Morgan fingerprint density at radius 3 is 2.50 bits per heavy atom. The van der Waals surface area contributed by atoms with Gasteiger partial charge in [0, 0.05) is 10.9 Å². The van der Waals surface area contributed by atoms with Crippen LogP contribution in [0.25, 0.3) is 10.9 Å². The summed E-state index contributed by atoms with van der Waals surface area (Å²) in [5.74, 6) is 0.774. The van der Waals surface area contributed by atoms with Crippen LogP contribution in [0.3, 0.4) is 0 Å². The number of fused-ring (bicyclic) bond motifs is 1. The van der Waals surface area contributed by atoms with E-state index in [0.29, 0.717) is 0 Å². The van der Waals surface area contributed by atoms with Crippen molar-refractivity contribution in [1.29, 1.82) is 0 Å². The molecule has 0 aliphatic heterocycles. The summed E-state index contributed by atoms with van der Waals surface area (Å²) in [6.07, 6.45) is 0. The standard InChI is InChI=1S/C10H12N2O2/c1-13-12(14-2)10-7-8-5-3-4-6-9(8)11-10/h3-7,11H,1-2H3. The molecule has 0 amide bonds. The molecule has 0 spiro atoms. The van der Waals surface area contributed by atoms with Gasteiger partial charge in [-0.15, -0.1) is 5.23 Å². The number of nitrogens with one attached hydrogen (secondary N) is 1. The van der Waals surface area contributed by atoms with Crippen LogP contribution >= 0.6 is 0 Å². The summed E-state index contributed by atoms with van der Waals surface area (Å²) in [6, 6.07) is 9.96. The fourth-order valence-electron chi connectivity index (χ4n) is 1.43. The highest BCUT2D eigenvalue weighted by Gasteiger charge is 2.07. The molecule has 0 fully saturated rings. The molecular formula is C10H12N2O2. The van der Waals surface area contributed by atoms with Gasteiger partial charge in [0.2, 0.25) is 0 Å². The highest BCUT2D eigenvalue weighted by molar-refractivity contribution is 5.83. The maximum Gasteiger partial charge on any atom is 0.162 e. The van der Waals surface area contributed by atoms with Gasteiger partial charge in [-0.25, -0.2) is 0 Å². The largest absolute Gasteiger partial charge is 0.338 e. The Bertz CT molecular complexity index is 388.